The zero-order chi connectivity index (χ0) is 10.4. The summed E-state index contributed by atoms with van der Waals surface area (Å²) in [7, 11) is 0. The van der Waals surface area contributed by atoms with Crippen LogP contribution in [0.25, 0.3) is 0 Å². The number of aliphatic hydroxyl groups is 1. The highest BCUT2D eigenvalue weighted by Crippen LogP contribution is 2.08. The minimum absolute atomic E-state index is 0.171. The minimum Gasteiger partial charge on any atom is -0.396 e. The third-order valence-electron chi connectivity index (χ3n) is 2.00. The van der Waals surface area contributed by atoms with Crippen molar-refractivity contribution in [1.82, 2.24) is 0 Å². The van der Waals surface area contributed by atoms with Gasteiger partial charge in [-0.15, -0.1) is 0 Å². The van der Waals surface area contributed by atoms with Crippen LogP contribution in [0.5, 0.6) is 0 Å². The molecule has 0 aliphatic carbocycles. The maximum Gasteiger partial charge on any atom is 0.0944 e. The summed E-state index contributed by atoms with van der Waals surface area (Å²) in [6, 6.07) is 9.89. The van der Waals surface area contributed by atoms with Crippen LogP contribution in [0, 0.1) is 11.3 Å². The first-order valence-electron chi connectivity index (χ1n) is 4.53. The van der Waals surface area contributed by atoms with Crippen LogP contribution in [0.1, 0.15) is 11.1 Å². The fraction of sp³-hybridized carbons (Fsp3) is 0.250. The molecule has 0 fully saturated rings. The molecule has 0 unspecified atom stereocenters. The fourth-order valence-electron chi connectivity index (χ4n) is 1.24. The summed E-state index contributed by atoms with van der Waals surface area (Å²) in [6.45, 7) is 3.80. The lowest BCUT2D eigenvalue weighted by molar-refractivity contribution is 0.299. The van der Waals surface area contributed by atoms with E-state index >= 15 is 0 Å². The highest BCUT2D eigenvalue weighted by Gasteiger charge is 1.96. The Morgan fingerprint density at radius 1 is 1.29 bits per heavy atom. The van der Waals surface area contributed by atoms with Gasteiger partial charge in [-0.25, -0.2) is 0 Å². The predicted molar refractivity (Wildman–Crippen MR) is 55.7 cm³/mol. The van der Waals surface area contributed by atoms with E-state index in [1.54, 1.807) is 0 Å². The average Bonchev–Trinajstić information content (AvgIpc) is 2.21. The molecule has 1 N–H and O–H groups in total. The highest BCUT2D eigenvalue weighted by molar-refractivity contribution is 5.30. The third kappa shape index (κ3) is 3.04. The maximum atomic E-state index is 8.72. The lowest BCUT2D eigenvalue weighted by Crippen LogP contribution is -1.92. The number of hydrogen-bond donors (Lipinski definition) is 1. The lowest BCUT2D eigenvalue weighted by Gasteiger charge is -2.01. The van der Waals surface area contributed by atoms with Gasteiger partial charge in [0.15, 0.2) is 0 Å². The molecule has 0 saturated heterocycles. The van der Waals surface area contributed by atoms with Crippen LogP contribution in [0.2, 0.25) is 0 Å². The van der Waals surface area contributed by atoms with E-state index in [-0.39, 0.29) is 6.61 Å². The smallest absolute Gasteiger partial charge is 0.0944 e. The van der Waals surface area contributed by atoms with Crippen molar-refractivity contribution in [3.63, 3.8) is 0 Å². The van der Waals surface area contributed by atoms with Crippen LogP contribution < -0.4 is 0 Å². The SMILES string of the molecule is C=C(C#N)Cc1ccc(CCO)cc1. The zero-order valence-corrected chi connectivity index (χ0v) is 8.03. The number of hydrogen-bond acceptors (Lipinski definition) is 2. The zero-order valence-electron chi connectivity index (χ0n) is 8.03. The first-order chi connectivity index (χ1) is 6.76. The summed E-state index contributed by atoms with van der Waals surface area (Å²) in [5.41, 5.74) is 2.76. The van der Waals surface area contributed by atoms with Gasteiger partial charge in [0.05, 0.1) is 6.07 Å². The average molecular weight is 187 g/mol. The molecule has 1 aromatic carbocycles. The Bertz CT molecular complexity index is 346. The molecule has 72 valence electrons. The molecule has 0 aliphatic heterocycles. The highest BCUT2D eigenvalue weighted by atomic mass is 16.2. The van der Waals surface area contributed by atoms with E-state index in [1.165, 1.54) is 0 Å². The van der Waals surface area contributed by atoms with Crippen LogP contribution in [0.15, 0.2) is 36.4 Å². The summed E-state index contributed by atoms with van der Waals surface area (Å²) in [5, 5.41) is 17.3. The monoisotopic (exact) mass is 187 g/mol. The third-order valence-corrected chi connectivity index (χ3v) is 2.00. The molecular formula is C12H13NO. The van der Waals surface area contributed by atoms with E-state index in [0.29, 0.717) is 18.4 Å². The molecule has 2 nitrogen and oxygen atoms in total. The van der Waals surface area contributed by atoms with Crippen molar-refractivity contribution >= 4 is 0 Å². The number of rotatable bonds is 4. The van der Waals surface area contributed by atoms with Gasteiger partial charge in [0.2, 0.25) is 0 Å². The number of nitriles is 1. The van der Waals surface area contributed by atoms with E-state index in [1.807, 2.05) is 30.3 Å². The molecule has 0 aliphatic rings. The molecule has 0 aromatic heterocycles. The van der Waals surface area contributed by atoms with Crippen LogP contribution in [0.4, 0.5) is 0 Å². The van der Waals surface area contributed by atoms with Gasteiger partial charge < -0.3 is 5.11 Å². The van der Waals surface area contributed by atoms with Crippen LogP contribution >= 0.6 is 0 Å². The molecule has 2 heteroatoms. The van der Waals surface area contributed by atoms with Crippen LogP contribution in [-0.4, -0.2) is 11.7 Å². The lowest BCUT2D eigenvalue weighted by atomic mass is 10.0. The second kappa shape index (κ2) is 5.21. The molecule has 1 rings (SSSR count). The van der Waals surface area contributed by atoms with Gasteiger partial charge in [-0.1, -0.05) is 30.8 Å². The topological polar surface area (TPSA) is 44.0 Å². The second-order valence-electron chi connectivity index (χ2n) is 3.18. The van der Waals surface area contributed by atoms with Crippen LogP contribution in [0.3, 0.4) is 0 Å². The normalized spacial score (nSPS) is 9.43. The Labute approximate surface area is 84.1 Å². The van der Waals surface area contributed by atoms with Crippen LogP contribution in [-0.2, 0) is 12.8 Å². The number of benzene rings is 1. The van der Waals surface area contributed by atoms with Gasteiger partial charge in [0.1, 0.15) is 0 Å². The summed E-state index contributed by atoms with van der Waals surface area (Å²) < 4.78 is 0. The Morgan fingerprint density at radius 2 is 1.86 bits per heavy atom. The Morgan fingerprint density at radius 3 is 2.36 bits per heavy atom. The summed E-state index contributed by atoms with van der Waals surface area (Å²) in [4.78, 5) is 0. The van der Waals surface area contributed by atoms with Crippen molar-refractivity contribution in [2.45, 2.75) is 12.8 Å². The standard InChI is InChI=1S/C12H13NO/c1-10(9-13)8-12-4-2-11(3-5-12)6-7-14/h2-5,14H,1,6-8H2. The molecule has 0 heterocycles. The van der Waals surface area contributed by atoms with E-state index in [9.17, 15) is 0 Å². The van der Waals surface area contributed by atoms with Gasteiger partial charge in [-0.05, 0) is 17.5 Å². The number of nitrogens with zero attached hydrogens (tertiary/aromatic N) is 1. The van der Waals surface area contributed by atoms with Gasteiger partial charge in [-0.2, -0.15) is 5.26 Å². The first-order valence-corrected chi connectivity index (χ1v) is 4.53. The van der Waals surface area contributed by atoms with E-state index in [4.69, 9.17) is 10.4 Å². The summed E-state index contributed by atoms with van der Waals surface area (Å²) >= 11 is 0. The molecule has 0 atom stereocenters. The van der Waals surface area contributed by atoms with Crippen molar-refractivity contribution in [3.05, 3.63) is 47.5 Å². The van der Waals surface area contributed by atoms with Crippen molar-refractivity contribution < 1.29 is 5.11 Å². The van der Waals surface area contributed by atoms with Gasteiger partial charge in [-0.3, -0.25) is 0 Å². The molecule has 0 amide bonds. The summed E-state index contributed by atoms with van der Waals surface area (Å²) in [5.74, 6) is 0. The van der Waals surface area contributed by atoms with Gasteiger partial charge in [0.25, 0.3) is 0 Å². The largest absolute Gasteiger partial charge is 0.396 e. The number of allylic oxidation sites excluding steroid dienone is 1. The maximum absolute atomic E-state index is 8.72. The molecule has 0 bridgehead atoms. The molecule has 0 saturated carbocycles. The molecule has 1 aromatic rings. The van der Waals surface area contributed by atoms with Gasteiger partial charge >= 0.3 is 0 Å². The quantitative estimate of drug-likeness (QED) is 0.731. The minimum atomic E-state index is 0.171. The first kappa shape index (κ1) is 10.5. The Hall–Kier alpha value is -1.59. The van der Waals surface area contributed by atoms with E-state index < -0.39 is 0 Å². The number of aliphatic hydroxyl groups excluding tert-OH is 1. The predicted octanol–water partition coefficient (Wildman–Crippen LogP) is 1.84. The Kier molecular flexibility index (Phi) is 3.90. The molecular weight excluding hydrogens is 174 g/mol. The fourth-order valence-corrected chi connectivity index (χ4v) is 1.24. The van der Waals surface area contributed by atoms with Crippen molar-refractivity contribution in [1.29, 1.82) is 5.26 Å². The van der Waals surface area contributed by atoms with Crippen molar-refractivity contribution in [3.8, 4) is 6.07 Å². The van der Waals surface area contributed by atoms with Crippen molar-refractivity contribution in [2.75, 3.05) is 6.61 Å². The molecule has 14 heavy (non-hydrogen) atoms. The summed E-state index contributed by atoms with van der Waals surface area (Å²) in [6.07, 6.45) is 1.29. The van der Waals surface area contributed by atoms with E-state index in [2.05, 4.69) is 6.58 Å². The second-order valence-corrected chi connectivity index (χ2v) is 3.18. The van der Waals surface area contributed by atoms with Crippen molar-refractivity contribution in [2.24, 2.45) is 0 Å². The van der Waals surface area contributed by atoms with E-state index in [0.717, 1.165) is 11.1 Å². The Balaban J connectivity index is 2.65. The van der Waals surface area contributed by atoms with Gasteiger partial charge in [0, 0.05) is 18.6 Å². The molecule has 0 spiro atoms. The molecule has 0 radical (unpaired) electrons.